The van der Waals surface area contributed by atoms with Crippen molar-refractivity contribution < 1.29 is 18.3 Å². The number of hydrogen-bond donors (Lipinski definition) is 1. The zero-order valence-corrected chi connectivity index (χ0v) is 11.7. The Hall–Kier alpha value is -1.89. The summed E-state index contributed by atoms with van der Waals surface area (Å²) in [5.41, 5.74) is -0.401. The molecule has 0 saturated heterocycles. The molecule has 0 radical (unpaired) electrons. The molecule has 1 aromatic carbocycles. The number of aliphatic hydroxyl groups excluding tert-OH is 1. The number of aromatic nitrogens is 3. The highest BCUT2D eigenvalue weighted by Crippen LogP contribution is 2.32. The second kappa shape index (κ2) is 5.85. The van der Waals surface area contributed by atoms with Crippen LogP contribution in [0.25, 0.3) is 11.4 Å². The zero-order valence-electron chi connectivity index (χ0n) is 11.7. The van der Waals surface area contributed by atoms with Gasteiger partial charge < -0.3 is 9.67 Å². The molecule has 0 aliphatic carbocycles. The molecule has 0 bridgehead atoms. The third-order valence-electron chi connectivity index (χ3n) is 2.96. The molecule has 0 aliphatic heterocycles. The molecular weight excluding hydrogens is 283 g/mol. The molecule has 114 valence electrons. The van der Waals surface area contributed by atoms with Gasteiger partial charge in [-0.05, 0) is 18.1 Å². The highest BCUT2D eigenvalue weighted by Gasteiger charge is 2.31. The molecule has 4 nitrogen and oxygen atoms in total. The van der Waals surface area contributed by atoms with Crippen molar-refractivity contribution in [3.63, 3.8) is 0 Å². The number of rotatable bonds is 4. The Kier molecular flexibility index (Phi) is 4.32. The zero-order chi connectivity index (χ0) is 15.6. The van der Waals surface area contributed by atoms with E-state index < -0.39 is 11.7 Å². The van der Waals surface area contributed by atoms with Crippen molar-refractivity contribution in [1.82, 2.24) is 14.8 Å². The predicted molar refractivity (Wildman–Crippen MR) is 71.2 cm³/mol. The van der Waals surface area contributed by atoms with Crippen molar-refractivity contribution >= 4 is 0 Å². The van der Waals surface area contributed by atoms with Crippen LogP contribution in [0.5, 0.6) is 0 Å². The summed E-state index contributed by atoms with van der Waals surface area (Å²) in [4.78, 5) is 0. The molecule has 2 aromatic rings. The minimum atomic E-state index is -4.40. The molecule has 0 saturated carbocycles. The Morgan fingerprint density at radius 1 is 1.24 bits per heavy atom. The van der Waals surface area contributed by atoms with Crippen molar-refractivity contribution in [2.75, 3.05) is 0 Å². The fourth-order valence-corrected chi connectivity index (χ4v) is 2.06. The van der Waals surface area contributed by atoms with Crippen LogP contribution in [-0.4, -0.2) is 19.9 Å². The minimum absolute atomic E-state index is 0.246. The van der Waals surface area contributed by atoms with Crippen LogP contribution in [0.15, 0.2) is 24.3 Å². The van der Waals surface area contributed by atoms with E-state index in [1.54, 1.807) is 10.6 Å². The van der Waals surface area contributed by atoms with E-state index in [1.807, 2.05) is 13.8 Å². The van der Waals surface area contributed by atoms with E-state index in [4.69, 9.17) is 0 Å². The van der Waals surface area contributed by atoms with E-state index >= 15 is 0 Å². The first-order valence-corrected chi connectivity index (χ1v) is 6.53. The summed E-state index contributed by atoms with van der Waals surface area (Å²) >= 11 is 0. The molecule has 1 heterocycles. The lowest BCUT2D eigenvalue weighted by atomic mass is 10.1. The van der Waals surface area contributed by atoms with E-state index in [0.717, 1.165) is 12.1 Å². The van der Waals surface area contributed by atoms with Crippen LogP contribution in [0.3, 0.4) is 0 Å². The monoisotopic (exact) mass is 299 g/mol. The minimum Gasteiger partial charge on any atom is -0.388 e. The number of benzene rings is 1. The quantitative estimate of drug-likeness (QED) is 0.943. The Bertz CT molecular complexity index is 620. The summed E-state index contributed by atoms with van der Waals surface area (Å²) in [5.74, 6) is 0.922. The summed E-state index contributed by atoms with van der Waals surface area (Å²) in [5, 5.41) is 17.0. The van der Waals surface area contributed by atoms with E-state index in [9.17, 15) is 18.3 Å². The SMILES string of the molecule is CC(C)Cn1c(CO)nnc1-c1cccc(C(F)(F)F)c1. The van der Waals surface area contributed by atoms with Gasteiger partial charge in [0.2, 0.25) is 0 Å². The van der Waals surface area contributed by atoms with E-state index in [0.29, 0.717) is 23.8 Å². The standard InChI is InChI=1S/C14H16F3N3O/c1-9(2)7-20-12(8-21)18-19-13(20)10-4-3-5-11(6-10)14(15,16)17/h3-6,9,21H,7-8H2,1-2H3. The van der Waals surface area contributed by atoms with Gasteiger partial charge in [0, 0.05) is 12.1 Å². The smallest absolute Gasteiger partial charge is 0.388 e. The third kappa shape index (κ3) is 3.41. The maximum Gasteiger partial charge on any atom is 0.416 e. The van der Waals surface area contributed by atoms with Crippen LogP contribution >= 0.6 is 0 Å². The molecule has 21 heavy (non-hydrogen) atoms. The average molecular weight is 299 g/mol. The van der Waals surface area contributed by atoms with Crippen molar-refractivity contribution in [2.45, 2.75) is 33.2 Å². The largest absolute Gasteiger partial charge is 0.416 e. The molecule has 1 N–H and O–H groups in total. The van der Waals surface area contributed by atoms with Crippen LogP contribution in [0, 0.1) is 5.92 Å². The molecule has 0 atom stereocenters. The second-order valence-corrected chi connectivity index (χ2v) is 5.18. The van der Waals surface area contributed by atoms with E-state index in [2.05, 4.69) is 10.2 Å². The molecule has 0 unspecified atom stereocenters. The molecule has 0 aliphatic rings. The van der Waals surface area contributed by atoms with Crippen molar-refractivity contribution in [2.24, 2.45) is 5.92 Å². The van der Waals surface area contributed by atoms with Crippen LogP contribution in [0.2, 0.25) is 0 Å². The van der Waals surface area contributed by atoms with Crippen LogP contribution in [0.4, 0.5) is 13.2 Å². The fourth-order valence-electron chi connectivity index (χ4n) is 2.06. The van der Waals surface area contributed by atoms with Crippen molar-refractivity contribution in [1.29, 1.82) is 0 Å². The van der Waals surface area contributed by atoms with Gasteiger partial charge in [-0.1, -0.05) is 26.0 Å². The maximum absolute atomic E-state index is 12.8. The first-order chi connectivity index (χ1) is 9.82. The molecular formula is C14H16F3N3O. The summed E-state index contributed by atoms with van der Waals surface area (Å²) in [7, 11) is 0. The number of hydrogen-bond acceptors (Lipinski definition) is 3. The van der Waals surface area contributed by atoms with Crippen LogP contribution in [-0.2, 0) is 19.3 Å². The fraction of sp³-hybridized carbons (Fsp3) is 0.429. The predicted octanol–water partition coefficient (Wildman–Crippen LogP) is 3.11. The van der Waals surface area contributed by atoms with Crippen LogP contribution < -0.4 is 0 Å². The Morgan fingerprint density at radius 3 is 2.52 bits per heavy atom. The topological polar surface area (TPSA) is 50.9 Å². The van der Waals surface area contributed by atoms with Gasteiger partial charge in [-0.15, -0.1) is 10.2 Å². The second-order valence-electron chi connectivity index (χ2n) is 5.18. The van der Waals surface area contributed by atoms with Crippen molar-refractivity contribution in [3.05, 3.63) is 35.7 Å². The van der Waals surface area contributed by atoms with Crippen molar-refractivity contribution in [3.8, 4) is 11.4 Å². The summed E-state index contributed by atoms with van der Waals surface area (Å²) < 4.78 is 40.0. The normalized spacial score (nSPS) is 12.1. The number of nitrogens with zero attached hydrogens (tertiary/aromatic N) is 3. The Balaban J connectivity index is 2.49. The Labute approximate surface area is 120 Å². The molecule has 0 amide bonds. The lowest BCUT2D eigenvalue weighted by Gasteiger charge is -2.13. The maximum atomic E-state index is 12.8. The van der Waals surface area contributed by atoms with Gasteiger partial charge in [0.25, 0.3) is 0 Å². The molecule has 0 spiro atoms. The lowest BCUT2D eigenvalue weighted by molar-refractivity contribution is -0.137. The third-order valence-corrected chi connectivity index (χ3v) is 2.96. The van der Waals surface area contributed by atoms with E-state index in [-0.39, 0.29) is 12.5 Å². The van der Waals surface area contributed by atoms with Gasteiger partial charge in [-0.2, -0.15) is 13.2 Å². The van der Waals surface area contributed by atoms with Gasteiger partial charge in [-0.25, -0.2) is 0 Å². The summed E-state index contributed by atoms with van der Waals surface area (Å²) in [6, 6.07) is 4.95. The first kappa shape index (κ1) is 15.5. The molecule has 2 rings (SSSR count). The number of aliphatic hydroxyl groups is 1. The molecule has 1 aromatic heterocycles. The highest BCUT2D eigenvalue weighted by atomic mass is 19.4. The lowest BCUT2D eigenvalue weighted by Crippen LogP contribution is -2.11. The number of alkyl halides is 3. The van der Waals surface area contributed by atoms with Gasteiger partial charge in [0.1, 0.15) is 6.61 Å². The summed E-state index contributed by atoms with van der Waals surface area (Å²) in [6.45, 7) is 4.15. The average Bonchev–Trinajstić information content (AvgIpc) is 2.80. The molecule has 0 fully saturated rings. The van der Waals surface area contributed by atoms with E-state index in [1.165, 1.54) is 6.07 Å². The highest BCUT2D eigenvalue weighted by molar-refractivity contribution is 5.57. The van der Waals surface area contributed by atoms with Gasteiger partial charge >= 0.3 is 6.18 Å². The van der Waals surface area contributed by atoms with Gasteiger partial charge in [0.15, 0.2) is 11.6 Å². The van der Waals surface area contributed by atoms with Gasteiger partial charge in [0.05, 0.1) is 5.56 Å². The van der Waals surface area contributed by atoms with Gasteiger partial charge in [-0.3, -0.25) is 0 Å². The first-order valence-electron chi connectivity index (χ1n) is 6.53. The molecule has 7 heteroatoms. The summed E-state index contributed by atoms with van der Waals surface area (Å²) in [6.07, 6.45) is -4.40. The number of halogens is 3. The van der Waals surface area contributed by atoms with Crippen LogP contribution in [0.1, 0.15) is 25.2 Å². The Morgan fingerprint density at radius 2 is 1.95 bits per heavy atom.